The Morgan fingerprint density at radius 1 is 1.09 bits per heavy atom. The lowest BCUT2D eigenvalue weighted by Gasteiger charge is -2.53. The van der Waals surface area contributed by atoms with Crippen LogP contribution in [-0.2, 0) is 46.3 Å². The van der Waals surface area contributed by atoms with Crippen molar-refractivity contribution in [3.05, 3.63) is 58.2 Å². The Morgan fingerprint density at radius 2 is 1.86 bits per heavy atom. The second-order valence-corrected chi connectivity index (χ2v) is 21.2. The number of hydrazine groups is 1. The number of thiazole rings is 1. The zero-order chi connectivity index (χ0) is 45.1. The highest BCUT2D eigenvalue weighted by Crippen LogP contribution is 2.47. The summed E-state index contributed by atoms with van der Waals surface area (Å²) in [6.07, 6.45) is 7.44. The number of fused-ring (bicyclic) bond motifs is 4. The Labute approximate surface area is 386 Å². The summed E-state index contributed by atoms with van der Waals surface area (Å²) in [5, 5.41) is 8.93. The number of nitrogens with one attached hydrogen (secondary N) is 2. The van der Waals surface area contributed by atoms with Crippen LogP contribution in [0, 0.1) is 29.1 Å². The first kappa shape index (κ1) is 44.6. The maximum atomic E-state index is 15.2. The molecule has 7 atom stereocenters. The van der Waals surface area contributed by atoms with Gasteiger partial charge in [-0.25, -0.2) is 10.4 Å². The van der Waals surface area contributed by atoms with Gasteiger partial charge >= 0.3 is 5.97 Å². The van der Waals surface area contributed by atoms with E-state index < -0.39 is 23.5 Å². The molecule has 1 aromatic carbocycles. The molecule has 2 saturated carbocycles. The number of nitrogens with zero attached hydrogens (tertiary/aromatic N) is 5. The average Bonchev–Trinajstić information content (AvgIpc) is 3.81. The highest BCUT2D eigenvalue weighted by molar-refractivity contribution is 7.10. The van der Waals surface area contributed by atoms with E-state index in [9.17, 15) is 9.59 Å². The summed E-state index contributed by atoms with van der Waals surface area (Å²) >= 11 is 1.54. The van der Waals surface area contributed by atoms with Gasteiger partial charge in [-0.1, -0.05) is 33.8 Å². The smallest absolute Gasteiger partial charge is 0.325 e. The van der Waals surface area contributed by atoms with Gasteiger partial charge in [-0.15, -0.1) is 11.3 Å². The number of ether oxygens (including phenoxy) is 4. The number of carbonyl (C=O) groups excluding carboxylic acids is 3. The first-order valence-corrected chi connectivity index (χ1v) is 24.9. The molecular formula is C50H65N7O7S. The first-order chi connectivity index (χ1) is 31.4. The molecule has 1 unspecified atom stereocenters. The number of likely N-dealkylation sites (tertiary alicyclic amines) is 1. The molecule has 0 spiro atoms. The van der Waals surface area contributed by atoms with Crippen LogP contribution in [0.1, 0.15) is 102 Å². The lowest BCUT2D eigenvalue weighted by Crippen LogP contribution is -2.72. The minimum Gasteiger partial charge on any atom is -0.464 e. The van der Waals surface area contributed by atoms with E-state index >= 15 is 4.79 Å². The van der Waals surface area contributed by atoms with Crippen molar-refractivity contribution < 1.29 is 33.3 Å². The van der Waals surface area contributed by atoms with Crippen LogP contribution >= 0.6 is 11.3 Å². The SMILES string of the molecule is CO[C@@H](C)c1ncccc1-c1c2c3cc(ccc3n1CCOC1CCOCC1)-c1csc(n1)[C@@H](N1CCCC1)[C@H](NC(=O)C1[C@@H](C)[C@H]1C)C(=O)N1N[C@H](C(=O)OCC(C)(C)C2)C2CC1C2. The Morgan fingerprint density at radius 3 is 2.60 bits per heavy atom. The average molecular weight is 908 g/mol. The van der Waals surface area contributed by atoms with E-state index in [-0.39, 0.29) is 66.3 Å². The van der Waals surface area contributed by atoms with Crippen LogP contribution in [0.4, 0.5) is 0 Å². The summed E-state index contributed by atoms with van der Waals surface area (Å²) in [5.74, 6) is -0.293. The van der Waals surface area contributed by atoms with Crippen molar-refractivity contribution in [2.24, 2.45) is 29.1 Å². The topological polar surface area (TPSA) is 149 Å². The summed E-state index contributed by atoms with van der Waals surface area (Å²) in [6.45, 7) is 14.8. The molecule has 2 amide bonds. The second kappa shape index (κ2) is 18.1. The van der Waals surface area contributed by atoms with Crippen molar-refractivity contribution in [2.75, 3.05) is 46.6 Å². The van der Waals surface area contributed by atoms with Gasteiger partial charge in [0.25, 0.3) is 5.91 Å². The summed E-state index contributed by atoms with van der Waals surface area (Å²) < 4.78 is 26.8. The number of aromatic nitrogens is 3. The molecule has 2 N–H and O–H groups in total. The van der Waals surface area contributed by atoms with Gasteiger partial charge in [0.2, 0.25) is 5.91 Å². The number of carbonyl (C=O) groups is 3. The van der Waals surface area contributed by atoms with Gasteiger partial charge in [0.1, 0.15) is 17.1 Å². The van der Waals surface area contributed by atoms with E-state index in [1.165, 1.54) is 0 Å². The van der Waals surface area contributed by atoms with Crippen molar-refractivity contribution in [1.29, 1.82) is 0 Å². The molecule has 4 aromatic rings. The fourth-order valence-electron chi connectivity index (χ4n) is 11.3. The molecule has 11 rings (SSSR count). The van der Waals surface area contributed by atoms with Crippen molar-refractivity contribution in [1.82, 2.24) is 35.2 Å². The third-order valence-electron chi connectivity index (χ3n) is 15.5. The molecule has 348 valence electrons. The molecule has 8 heterocycles. The van der Waals surface area contributed by atoms with Gasteiger partial charge in [-0.2, -0.15) is 0 Å². The largest absolute Gasteiger partial charge is 0.464 e. The number of cyclic esters (lactones) is 1. The van der Waals surface area contributed by atoms with Crippen LogP contribution in [0.5, 0.6) is 0 Å². The molecule has 5 aliphatic heterocycles. The molecule has 65 heavy (non-hydrogen) atoms. The van der Waals surface area contributed by atoms with E-state index in [1.807, 2.05) is 19.2 Å². The molecule has 8 bridgehead atoms. The minimum absolute atomic E-state index is 0.0560. The number of esters is 1. The molecular weight excluding hydrogens is 843 g/mol. The van der Waals surface area contributed by atoms with Gasteiger partial charge in [0.05, 0.1) is 48.5 Å². The summed E-state index contributed by atoms with van der Waals surface area (Å²) in [7, 11) is 1.71. The van der Waals surface area contributed by atoms with Crippen LogP contribution in [0.15, 0.2) is 41.9 Å². The Balaban J connectivity index is 1.12. The monoisotopic (exact) mass is 907 g/mol. The van der Waals surface area contributed by atoms with Crippen molar-refractivity contribution in [3.63, 3.8) is 0 Å². The Bertz CT molecular complexity index is 2410. The number of pyridine rings is 1. The van der Waals surface area contributed by atoms with Gasteiger partial charge in [-0.3, -0.25) is 29.3 Å². The molecule has 7 aliphatic rings. The predicted molar refractivity (Wildman–Crippen MR) is 248 cm³/mol. The number of methoxy groups -OCH3 is 1. The van der Waals surface area contributed by atoms with Gasteiger partial charge in [-0.05, 0) is 113 Å². The highest BCUT2D eigenvalue weighted by Gasteiger charge is 2.54. The predicted octanol–water partition coefficient (Wildman–Crippen LogP) is 6.87. The van der Waals surface area contributed by atoms with Crippen molar-refractivity contribution >= 4 is 40.0 Å². The zero-order valence-corrected chi connectivity index (χ0v) is 39.5. The third-order valence-corrected chi connectivity index (χ3v) is 16.4. The highest BCUT2D eigenvalue weighted by atomic mass is 32.1. The van der Waals surface area contributed by atoms with Crippen LogP contribution < -0.4 is 10.7 Å². The van der Waals surface area contributed by atoms with E-state index in [0.29, 0.717) is 45.6 Å². The second-order valence-electron chi connectivity index (χ2n) is 20.3. The van der Waals surface area contributed by atoms with E-state index in [1.54, 1.807) is 23.5 Å². The van der Waals surface area contributed by atoms with Gasteiger partial charge in [0.15, 0.2) is 0 Å². The van der Waals surface area contributed by atoms with E-state index in [2.05, 4.69) is 77.6 Å². The van der Waals surface area contributed by atoms with Crippen LogP contribution in [0.3, 0.4) is 0 Å². The maximum absolute atomic E-state index is 15.2. The number of benzene rings is 1. The Kier molecular flexibility index (Phi) is 12.4. The Hall–Kier alpha value is -4.25. The molecule has 2 aliphatic carbocycles. The van der Waals surface area contributed by atoms with Crippen LogP contribution in [-0.4, -0.2) is 113 Å². The van der Waals surface area contributed by atoms with Gasteiger partial charge in [0, 0.05) is 77.8 Å². The minimum atomic E-state index is -0.907. The molecule has 4 saturated heterocycles. The quantitative estimate of drug-likeness (QED) is 0.161. The normalized spacial score (nSPS) is 29.8. The third kappa shape index (κ3) is 8.54. The number of hydrogen-bond acceptors (Lipinski definition) is 12. The molecule has 14 nitrogen and oxygen atoms in total. The number of hydrogen-bond donors (Lipinski definition) is 2. The summed E-state index contributed by atoms with van der Waals surface area (Å²) in [6, 6.07) is 8.56. The van der Waals surface area contributed by atoms with E-state index in [0.717, 1.165) is 88.5 Å². The zero-order valence-electron chi connectivity index (χ0n) is 38.7. The fourth-order valence-corrected chi connectivity index (χ4v) is 12.3. The number of rotatable bonds is 10. The molecule has 6 fully saturated rings. The lowest BCUT2D eigenvalue weighted by atomic mass is 9.73. The molecule has 15 heteroatoms. The standard InChI is InChI=1S/C50H65N7O7S/c1-28-29(2)40(28)46(58)53-43-45(55-16-7-8-17-55)47-52-38(26-65-47)31-11-12-39-36(24-31)37(25-50(4,5)27-64-49(60)42-32-22-33(23-32)57(54-42)48(43)59)44(35-10-9-15-51-41(35)30(3)61-6)56(39)18-21-63-34-13-19-62-20-14-34/h9-12,15,24,26,28-30,32-34,40,42-43,45,54H,7-8,13-14,16-23,25,27H2,1-6H3,(H,53,58)/t28-,29+,30-,32?,33?,40?,42-,43-,45-/m0/s1. The fraction of sp³-hybridized carbons (Fsp3) is 0.620. The van der Waals surface area contributed by atoms with Gasteiger partial charge < -0.3 is 28.8 Å². The molecule has 0 radical (unpaired) electrons. The van der Waals surface area contributed by atoms with E-state index in [4.69, 9.17) is 28.9 Å². The van der Waals surface area contributed by atoms with Crippen molar-refractivity contribution in [2.45, 2.75) is 122 Å². The summed E-state index contributed by atoms with van der Waals surface area (Å²) in [4.78, 5) is 56.2. The van der Waals surface area contributed by atoms with Crippen LogP contribution in [0.2, 0.25) is 0 Å². The summed E-state index contributed by atoms with van der Waals surface area (Å²) in [5.41, 5.74) is 9.69. The number of amides is 2. The van der Waals surface area contributed by atoms with Crippen LogP contribution in [0.25, 0.3) is 33.4 Å². The first-order valence-electron chi connectivity index (χ1n) is 24.0. The maximum Gasteiger partial charge on any atom is 0.325 e. The lowest BCUT2D eigenvalue weighted by molar-refractivity contribution is -0.172. The molecule has 3 aromatic heterocycles. The van der Waals surface area contributed by atoms with Crippen molar-refractivity contribution in [3.8, 4) is 22.5 Å².